The number of hydrogen-bond donors (Lipinski definition) is 1. The molecule has 0 aliphatic heterocycles. The predicted octanol–water partition coefficient (Wildman–Crippen LogP) is 3.68. The molecule has 0 amide bonds. The van der Waals surface area contributed by atoms with E-state index in [4.69, 9.17) is 0 Å². The minimum atomic E-state index is -0.758. The van der Waals surface area contributed by atoms with Crippen LogP contribution in [-0.4, -0.2) is 13.1 Å². The highest BCUT2D eigenvalue weighted by atomic mass is 19.2. The monoisotopic (exact) mass is 241 g/mol. The Balaban J connectivity index is 2.57. The maximum atomic E-state index is 13.5. The van der Waals surface area contributed by atoms with E-state index in [-0.39, 0.29) is 6.04 Å². The van der Waals surface area contributed by atoms with Crippen molar-refractivity contribution < 1.29 is 8.78 Å². The first kappa shape index (κ1) is 14.1. The van der Waals surface area contributed by atoms with Crippen molar-refractivity contribution in [3.63, 3.8) is 0 Å². The van der Waals surface area contributed by atoms with Gasteiger partial charge < -0.3 is 5.32 Å². The third-order valence-corrected chi connectivity index (χ3v) is 3.06. The van der Waals surface area contributed by atoms with Crippen molar-refractivity contribution in [2.24, 2.45) is 0 Å². The SMILES string of the molecule is CCCCCC(Cc1cccc(F)c1F)NC. The Morgan fingerprint density at radius 2 is 2.00 bits per heavy atom. The minimum Gasteiger partial charge on any atom is -0.317 e. The van der Waals surface area contributed by atoms with Crippen LogP contribution in [0.3, 0.4) is 0 Å². The molecule has 1 rings (SSSR count). The molecule has 1 aromatic rings. The molecule has 0 aromatic heterocycles. The first-order chi connectivity index (χ1) is 8.19. The van der Waals surface area contributed by atoms with Gasteiger partial charge in [0.1, 0.15) is 0 Å². The van der Waals surface area contributed by atoms with Gasteiger partial charge in [-0.25, -0.2) is 8.78 Å². The standard InChI is InChI=1S/C14H21F2N/c1-3-4-5-8-12(17-2)10-11-7-6-9-13(15)14(11)16/h6-7,9,12,17H,3-5,8,10H2,1-2H3. The number of hydrogen-bond acceptors (Lipinski definition) is 1. The average Bonchev–Trinajstić information content (AvgIpc) is 2.33. The Bertz CT molecular complexity index is 339. The molecule has 1 atom stereocenters. The van der Waals surface area contributed by atoms with Gasteiger partial charge in [0.2, 0.25) is 0 Å². The molecule has 0 saturated heterocycles. The van der Waals surface area contributed by atoms with Gasteiger partial charge in [0.05, 0.1) is 0 Å². The van der Waals surface area contributed by atoms with Gasteiger partial charge in [-0.2, -0.15) is 0 Å². The molecule has 0 bridgehead atoms. The normalized spacial score (nSPS) is 12.7. The van der Waals surface area contributed by atoms with Crippen LogP contribution in [-0.2, 0) is 6.42 Å². The molecule has 1 N–H and O–H groups in total. The van der Waals surface area contributed by atoms with Crippen LogP contribution in [0.1, 0.15) is 38.2 Å². The molecule has 96 valence electrons. The molecule has 0 radical (unpaired) electrons. The van der Waals surface area contributed by atoms with Gasteiger partial charge in [-0.15, -0.1) is 0 Å². The third-order valence-electron chi connectivity index (χ3n) is 3.06. The molecule has 0 heterocycles. The largest absolute Gasteiger partial charge is 0.317 e. The van der Waals surface area contributed by atoms with Crippen molar-refractivity contribution in [1.82, 2.24) is 5.32 Å². The molecule has 3 heteroatoms. The second kappa shape index (κ2) is 7.38. The zero-order chi connectivity index (χ0) is 12.7. The molecule has 1 aromatic carbocycles. The summed E-state index contributed by atoms with van der Waals surface area (Å²) in [4.78, 5) is 0. The maximum Gasteiger partial charge on any atom is 0.162 e. The van der Waals surface area contributed by atoms with E-state index in [1.54, 1.807) is 12.1 Å². The van der Waals surface area contributed by atoms with Gasteiger partial charge in [0.15, 0.2) is 11.6 Å². The summed E-state index contributed by atoms with van der Waals surface area (Å²) in [5.74, 6) is -1.46. The van der Waals surface area contributed by atoms with Crippen LogP contribution in [0, 0.1) is 11.6 Å². The summed E-state index contributed by atoms with van der Waals surface area (Å²) in [5.41, 5.74) is 0.459. The fourth-order valence-electron chi connectivity index (χ4n) is 1.96. The zero-order valence-electron chi connectivity index (χ0n) is 10.6. The number of unbranched alkanes of at least 4 members (excludes halogenated alkanes) is 2. The van der Waals surface area contributed by atoms with Crippen molar-refractivity contribution in [2.75, 3.05) is 7.05 Å². The van der Waals surface area contributed by atoms with Crippen molar-refractivity contribution in [2.45, 2.75) is 45.1 Å². The van der Waals surface area contributed by atoms with E-state index in [9.17, 15) is 8.78 Å². The molecule has 0 aliphatic carbocycles. The van der Waals surface area contributed by atoms with Crippen molar-refractivity contribution >= 4 is 0 Å². The molecule has 0 saturated carbocycles. The first-order valence-corrected chi connectivity index (χ1v) is 6.29. The van der Waals surface area contributed by atoms with Gasteiger partial charge in [-0.3, -0.25) is 0 Å². The molecule has 0 aliphatic rings. The lowest BCUT2D eigenvalue weighted by Crippen LogP contribution is -2.28. The highest BCUT2D eigenvalue weighted by Gasteiger charge is 2.12. The maximum absolute atomic E-state index is 13.5. The van der Waals surface area contributed by atoms with Crippen molar-refractivity contribution in [1.29, 1.82) is 0 Å². The summed E-state index contributed by atoms with van der Waals surface area (Å²) >= 11 is 0. The Morgan fingerprint density at radius 1 is 1.24 bits per heavy atom. The number of likely N-dealkylation sites (N-methyl/N-ethyl adjacent to an activating group) is 1. The highest BCUT2D eigenvalue weighted by molar-refractivity contribution is 5.19. The van der Waals surface area contributed by atoms with Crippen molar-refractivity contribution in [3.05, 3.63) is 35.4 Å². The summed E-state index contributed by atoms with van der Waals surface area (Å²) in [7, 11) is 1.87. The van der Waals surface area contributed by atoms with Crippen LogP contribution in [0.15, 0.2) is 18.2 Å². The molecule has 1 nitrogen and oxygen atoms in total. The fraction of sp³-hybridized carbons (Fsp3) is 0.571. The van der Waals surface area contributed by atoms with E-state index in [1.165, 1.54) is 12.8 Å². The number of halogens is 2. The number of rotatable bonds is 7. The Hall–Kier alpha value is -0.960. The van der Waals surface area contributed by atoms with E-state index in [1.807, 2.05) is 7.05 Å². The molecule has 0 fully saturated rings. The van der Waals surface area contributed by atoms with Gasteiger partial charge in [0.25, 0.3) is 0 Å². The van der Waals surface area contributed by atoms with Crippen molar-refractivity contribution in [3.8, 4) is 0 Å². The van der Waals surface area contributed by atoms with Gasteiger partial charge in [-0.05, 0) is 31.5 Å². The van der Waals surface area contributed by atoms with Gasteiger partial charge in [-0.1, -0.05) is 38.3 Å². The van der Waals surface area contributed by atoms with Crippen LogP contribution in [0.2, 0.25) is 0 Å². The second-order valence-electron chi connectivity index (χ2n) is 4.40. The fourth-order valence-corrected chi connectivity index (χ4v) is 1.96. The van der Waals surface area contributed by atoms with E-state index in [0.717, 1.165) is 18.9 Å². The van der Waals surface area contributed by atoms with Crippen LogP contribution in [0.5, 0.6) is 0 Å². The molecule has 0 spiro atoms. The lowest BCUT2D eigenvalue weighted by molar-refractivity contribution is 0.461. The molecule has 17 heavy (non-hydrogen) atoms. The molecule has 1 unspecified atom stereocenters. The summed E-state index contributed by atoms with van der Waals surface area (Å²) < 4.78 is 26.5. The average molecular weight is 241 g/mol. The Kier molecular flexibility index (Phi) is 6.12. The van der Waals surface area contributed by atoms with Gasteiger partial charge in [0, 0.05) is 6.04 Å². The smallest absolute Gasteiger partial charge is 0.162 e. The van der Waals surface area contributed by atoms with Crippen LogP contribution >= 0.6 is 0 Å². The lowest BCUT2D eigenvalue weighted by Gasteiger charge is -2.16. The minimum absolute atomic E-state index is 0.220. The third kappa shape index (κ3) is 4.43. The Labute approximate surface area is 102 Å². The molecular formula is C14H21F2N. The van der Waals surface area contributed by atoms with Crippen LogP contribution in [0.25, 0.3) is 0 Å². The molecular weight excluding hydrogens is 220 g/mol. The quantitative estimate of drug-likeness (QED) is 0.718. The lowest BCUT2D eigenvalue weighted by atomic mass is 10.00. The Morgan fingerprint density at radius 3 is 2.65 bits per heavy atom. The van der Waals surface area contributed by atoms with E-state index >= 15 is 0 Å². The number of nitrogens with one attached hydrogen (secondary N) is 1. The zero-order valence-corrected chi connectivity index (χ0v) is 10.6. The van der Waals surface area contributed by atoms with Crippen LogP contribution in [0.4, 0.5) is 8.78 Å². The summed E-state index contributed by atoms with van der Waals surface area (Å²) in [5, 5.41) is 3.17. The first-order valence-electron chi connectivity index (χ1n) is 6.29. The van der Waals surface area contributed by atoms with E-state index < -0.39 is 11.6 Å². The summed E-state index contributed by atoms with van der Waals surface area (Å²) in [6.07, 6.45) is 5.03. The van der Waals surface area contributed by atoms with E-state index in [0.29, 0.717) is 12.0 Å². The highest BCUT2D eigenvalue weighted by Crippen LogP contribution is 2.15. The predicted molar refractivity (Wildman–Crippen MR) is 67.1 cm³/mol. The summed E-state index contributed by atoms with van der Waals surface area (Å²) in [6, 6.07) is 4.59. The number of benzene rings is 1. The van der Waals surface area contributed by atoms with Gasteiger partial charge >= 0.3 is 0 Å². The van der Waals surface area contributed by atoms with E-state index in [2.05, 4.69) is 12.2 Å². The summed E-state index contributed by atoms with van der Waals surface area (Å²) in [6.45, 7) is 2.15. The topological polar surface area (TPSA) is 12.0 Å². The van der Waals surface area contributed by atoms with Crippen LogP contribution < -0.4 is 5.32 Å². The second-order valence-corrected chi connectivity index (χ2v) is 4.40.